The van der Waals surface area contributed by atoms with E-state index < -0.39 is 27.6 Å². The van der Waals surface area contributed by atoms with Gasteiger partial charge < -0.3 is 4.74 Å². The van der Waals surface area contributed by atoms with Crippen molar-refractivity contribution in [3.05, 3.63) is 0 Å². The van der Waals surface area contributed by atoms with Crippen LogP contribution in [0.2, 0.25) is 0 Å². The van der Waals surface area contributed by atoms with Crippen LogP contribution < -0.4 is 4.72 Å². The van der Waals surface area contributed by atoms with E-state index in [9.17, 15) is 22.0 Å². The highest BCUT2D eigenvalue weighted by atomic mass is 32.2. The Kier molecular flexibility index (Phi) is 3.81. The fourth-order valence-electron chi connectivity index (χ4n) is 0.659. The SMILES string of the molecule is CC(C)(C)OC(F)(F)C(=O)NS(C)(=O)=O. The predicted octanol–water partition coefficient (Wildman–Crippen LogP) is 0.470. The van der Waals surface area contributed by atoms with Crippen molar-refractivity contribution in [2.75, 3.05) is 6.26 Å². The zero-order valence-electron chi connectivity index (χ0n) is 8.80. The van der Waals surface area contributed by atoms with Crippen LogP contribution >= 0.6 is 0 Å². The Bertz CT molecular complexity index is 344. The van der Waals surface area contributed by atoms with Crippen molar-refractivity contribution in [3.63, 3.8) is 0 Å². The molecule has 0 aliphatic carbocycles. The molecule has 0 saturated carbocycles. The van der Waals surface area contributed by atoms with Gasteiger partial charge >= 0.3 is 12.0 Å². The lowest BCUT2D eigenvalue weighted by molar-refractivity contribution is -0.266. The summed E-state index contributed by atoms with van der Waals surface area (Å²) >= 11 is 0. The third-order valence-corrected chi connectivity index (χ3v) is 1.53. The van der Waals surface area contributed by atoms with Gasteiger partial charge in [-0.1, -0.05) is 0 Å². The maximum Gasteiger partial charge on any atom is 0.437 e. The molecule has 5 nitrogen and oxygen atoms in total. The lowest BCUT2D eigenvalue weighted by Crippen LogP contribution is -2.47. The molecule has 0 heterocycles. The molecule has 0 fully saturated rings. The number of carbonyl (C=O) groups is 1. The number of nitrogens with one attached hydrogen (secondary N) is 1. The fraction of sp³-hybridized carbons (Fsp3) is 0.857. The number of ether oxygens (including phenoxy) is 1. The van der Waals surface area contributed by atoms with Gasteiger partial charge in [-0.25, -0.2) is 13.1 Å². The van der Waals surface area contributed by atoms with Crippen LogP contribution in [0.25, 0.3) is 0 Å². The summed E-state index contributed by atoms with van der Waals surface area (Å²) in [6, 6.07) is 0. The van der Waals surface area contributed by atoms with E-state index >= 15 is 0 Å². The van der Waals surface area contributed by atoms with Gasteiger partial charge in [-0.2, -0.15) is 8.78 Å². The molecule has 0 rings (SSSR count). The van der Waals surface area contributed by atoms with E-state index in [1.165, 1.54) is 20.8 Å². The highest BCUT2D eigenvalue weighted by Crippen LogP contribution is 2.23. The highest BCUT2D eigenvalue weighted by Gasteiger charge is 2.45. The average Bonchev–Trinajstić information content (AvgIpc) is 1.75. The van der Waals surface area contributed by atoms with Gasteiger partial charge in [0.05, 0.1) is 11.9 Å². The van der Waals surface area contributed by atoms with E-state index in [0.29, 0.717) is 6.26 Å². The standard InChI is InChI=1S/C7H13F2NO4S/c1-6(2,3)14-7(8,9)5(11)10-15(4,12)13/h1-4H3,(H,10,11). The van der Waals surface area contributed by atoms with Crippen molar-refractivity contribution >= 4 is 15.9 Å². The third-order valence-electron chi connectivity index (χ3n) is 0.977. The van der Waals surface area contributed by atoms with Crippen LogP contribution in [0.4, 0.5) is 8.78 Å². The summed E-state index contributed by atoms with van der Waals surface area (Å²) in [6.07, 6.45) is -3.58. The molecule has 0 aliphatic rings. The first-order valence-corrected chi connectivity index (χ1v) is 5.83. The Labute approximate surface area is 86.8 Å². The molecule has 90 valence electrons. The summed E-state index contributed by atoms with van der Waals surface area (Å²) in [5, 5.41) is 0. The normalized spacial score (nSPS) is 13.7. The molecule has 1 N–H and O–H groups in total. The topological polar surface area (TPSA) is 72.5 Å². The molecule has 15 heavy (non-hydrogen) atoms. The van der Waals surface area contributed by atoms with Gasteiger partial charge in [0.2, 0.25) is 10.0 Å². The molecule has 0 aromatic carbocycles. The zero-order valence-corrected chi connectivity index (χ0v) is 9.61. The van der Waals surface area contributed by atoms with E-state index in [-0.39, 0.29) is 0 Å². The molecule has 0 spiro atoms. The number of carbonyl (C=O) groups excluding carboxylic acids is 1. The van der Waals surface area contributed by atoms with Gasteiger partial charge in [0.25, 0.3) is 0 Å². The first-order chi connectivity index (χ1) is 6.33. The number of sulfonamides is 1. The Balaban J connectivity index is 4.68. The first-order valence-electron chi connectivity index (χ1n) is 3.94. The van der Waals surface area contributed by atoms with Gasteiger partial charge in [-0.3, -0.25) is 4.79 Å². The quantitative estimate of drug-likeness (QED) is 0.784. The number of hydrogen-bond donors (Lipinski definition) is 1. The number of hydrogen-bond acceptors (Lipinski definition) is 4. The summed E-state index contributed by atoms with van der Waals surface area (Å²) in [6.45, 7) is 3.94. The van der Waals surface area contributed by atoms with Crippen LogP contribution in [0, 0.1) is 0 Å². The summed E-state index contributed by atoms with van der Waals surface area (Å²) in [5.74, 6) is -2.00. The summed E-state index contributed by atoms with van der Waals surface area (Å²) in [5.41, 5.74) is -1.27. The largest absolute Gasteiger partial charge is 0.437 e. The van der Waals surface area contributed by atoms with Crippen molar-refractivity contribution in [3.8, 4) is 0 Å². The molecule has 0 aromatic rings. The number of amides is 1. The Morgan fingerprint density at radius 2 is 1.67 bits per heavy atom. The van der Waals surface area contributed by atoms with Crippen LogP contribution in [-0.2, 0) is 19.6 Å². The third kappa shape index (κ3) is 6.34. The Hall–Kier alpha value is -0.760. The average molecular weight is 245 g/mol. The lowest BCUT2D eigenvalue weighted by Gasteiger charge is -2.25. The van der Waals surface area contributed by atoms with E-state index in [0.717, 1.165) is 4.72 Å². The fourth-order valence-corrected chi connectivity index (χ4v) is 1.11. The summed E-state index contributed by atoms with van der Waals surface area (Å²) in [7, 11) is -4.02. The van der Waals surface area contributed by atoms with E-state index in [2.05, 4.69) is 4.74 Å². The molecule has 0 unspecified atom stereocenters. The van der Waals surface area contributed by atoms with Crippen LogP contribution in [0.15, 0.2) is 0 Å². The van der Waals surface area contributed by atoms with Gasteiger partial charge in [0.1, 0.15) is 0 Å². The van der Waals surface area contributed by atoms with Gasteiger partial charge in [0, 0.05) is 0 Å². The van der Waals surface area contributed by atoms with Crippen LogP contribution in [0.5, 0.6) is 0 Å². The summed E-state index contributed by atoms with van der Waals surface area (Å²) < 4.78 is 52.2. The van der Waals surface area contributed by atoms with Crippen LogP contribution in [0.1, 0.15) is 20.8 Å². The van der Waals surface area contributed by atoms with Crippen molar-refractivity contribution < 1.29 is 26.7 Å². The molecule has 0 atom stereocenters. The minimum atomic E-state index is -4.18. The minimum absolute atomic E-state index is 0.595. The Morgan fingerprint density at radius 3 is 1.93 bits per heavy atom. The van der Waals surface area contributed by atoms with Crippen molar-refractivity contribution in [1.29, 1.82) is 0 Å². The second-order valence-electron chi connectivity index (χ2n) is 3.93. The van der Waals surface area contributed by atoms with E-state index in [4.69, 9.17) is 0 Å². The first kappa shape index (κ1) is 14.2. The van der Waals surface area contributed by atoms with Crippen molar-refractivity contribution in [2.45, 2.75) is 32.5 Å². The smallest absolute Gasteiger partial charge is 0.307 e. The molecular formula is C7H13F2NO4S. The lowest BCUT2D eigenvalue weighted by atomic mass is 10.2. The molecule has 0 radical (unpaired) electrons. The summed E-state index contributed by atoms with van der Waals surface area (Å²) in [4.78, 5) is 10.8. The number of rotatable bonds is 3. The van der Waals surface area contributed by atoms with E-state index in [1.54, 1.807) is 0 Å². The molecule has 0 saturated heterocycles. The van der Waals surface area contributed by atoms with Gasteiger partial charge in [0.15, 0.2) is 0 Å². The maximum absolute atomic E-state index is 12.9. The Morgan fingerprint density at radius 1 is 1.27 bits per heavy atom. The van der Waals surface area contributed by atoms with Crippen molar-refractivity contribution in [2.24, 2.45) is 0 Å². The van der Waals surface area contributed by atoms with Crippen LogP contribution in [0.3, 0.4) is 0 Å². The molecule has 0 aliphatic heterocycles. The minimum Gasteiger partial charge on any atom is -0.307 e. The number of halogens is 2. The molecule has 0 bridgehead atoms. The van der Waals surface area contributed by atoms with Gasteiger partial charge in [-0.15, -0.1) is 0 Å². The van der Waals surface area contributed by atoms with Gasteiger partial charge in [-0.05, 0) is 20.8 Å². The second kappa shape index (κ2) is 4.01. The van der Waals surface area contributed by atoms with Crippen LogP contribution in [-0.4, -0.2) is 32.3 Å². The molecule has 8 heteroatoms. The maximum atomic E-state index is 12.9. The zero-order chi connectivity index (χ0) is 12.5. The monoisotopic (exact) mass is 245 g/mol. The second-order valence-corrected chi connectivity index (χ2v) is 5.68. The molecule has 0 aromatic heterocycles. The highest BCUT2D eigenvalue weighted by molar-refractivity contribution is 7.89. The van der Waals surface area contributed by atoms with E-state index in [1.807, 2.05) is 0 Å². The number of alkyl halides is 2. The van der Waals surface area contributed by atoms with Crippen molar-refractivity contribution in [1.82, 2.24) is 4.72 Å². The predicted molar refractivity (Wildman–Crippen MR) is 48.8 cm³/mol. The molecular weight excluding hydrogens is 232 g/mol. The molecule has 1 amide bonds.